The summed E-state index contributed by atoms with van der Waals surface area (Å²) in [7, 11) is -2.44. The van der Waals surface area contributed by atoms with Crippen LogP contribution in [0.3, 0.4) is 0 Å². The van der Waals surface area contributed by atoms with E-state index in [4.69, 9.17) is 26.8 Å². The van der Waals surface area contributed by atoms with Gasteiger partial charge in [-0.05, 0) is 18.6 Å². The van der Waals surface area contributed by atoms with E-state index in [9.17, 15) is 12.8 Å². The molecule has 9 heteroatoms. The first-order valence-electron chi connectivity index (χ1n) is 6.19. The molecule has 0 amide bonds. The summed E-state index contributed by atoms with van der Waals surface area (Å²) in [6, 6.07) is 2.17. The molecule has 21 heavy (non-hydrogen) atoms. The highest BCUT2D eigenvalue weighted by Gasteiger charge is 2.21. The first-order chi connectivity index (χ1) is 9.88. The van der Waals surface area contributed by atoms with Crippen LogP contribution in [0.1, 0.15) is 6.42 Å². The van der Waals surface area contributed by atoms with Gasteiger partial charge in [0.15, 0.2) is 5.82 Å². The Labute approximate surface area is 128 Å². The van der Waals surface area contributed by atoms with E-state index in [1.54, 1.807) is 7.11 Å². The van der Waals surface area contributed by atoms with E-state index in [1.165, 1.54) is 0 Å². The lowest BCUT2D eigenvalue weighted by Crippen LogP contribution is -2.26. The average Bonchev–Trinajstić information content (AvgIpc) is 2.41. The normalized spacial score (nSPS) is 11.8. The van der Waals surface area contributed by atoms with Gasteiger partial charge in [-0.3, -0.25) is 0 Å². The topological polar surface area (TPSA) is 90.6 Å². The summed E-state index contributed by atoms with van der Waals surface area (Å²) in [5, 5.41) is 0.0529. The Morgan fingerprint density at radius 3 is 2.71 bits per heavy atom. The molecular weight excluding hydrogens is 323 g/mol. The monoisotopic (exact) mass is 340 g/mol. The van der Waals surface area contributed by atoms with Crippen LogP contribution >= 0.6 is 11.6 Å². The molecular formula is C12H18ClFN2O4S. The van der Waals surface area contributed by atoms with Gasteiger partial charge in [-0.15, -0.1) is 0 Å². The minimum absolute atomic E-state index is 0.0529. The predicted molar refractivity (Wildman–Crippen MR) is 78.3 cm³/mol. The second kappa shape index (κ2) is 8.50. The van der Waals surface area contributed by atoms with Crippen LogP contribution in [0.2, 0.25) is 5.02 Å². The molecule has 0 aliphatic carbocycles. The van der Waals surface area contributed by atoms with Crippen LogP contribution in [0.4, 0.5) is 10.1 Å². The molecule has 6 nitrogen and oxygen atoms in total. The van der Waals surface area contributed by atoms with Crippen molar-refractivity contribution >= 4 is 27.3 Å². The van der Waals surface area contributed by atoms with Gasteiger partial charge in [0.2, 0.25) is 10.0 Å². The molecule has 0 aromatic heterocycles. The highest BCUT2D eigenvalue weighted by atomic mass is 35.5. The molecule has 0 radical (unpaired) electrons. The van der Waals surface area contributed by atoms with E-state index in [0.717, 1.165) is 12.1 Å². The number of rotatable bonds is 9. The van der Waals surface area contributed by atoms with Crippen molar-refractivity contribution in [1.82, 2.24) is 4.72 Å². The van der Waals surface area contributed by atoms with Gasteiger partial charge in [0.05, 0.1) is 18.9 Å². The minimum Gasteiger partial charge on any atom is -0.396 e. The number of nitrogens with one attached hydrogen (secondary N) is 1. The van der Waals surface area contributed by atoms with Gasteiger partial charge in [-0.2, -0.15) is 0 Å². The van der Waals surface area contributed by atoms with Gasteiger partial charge in [-0.25, -0.2) is 17.5 Å². The summed E-state index contributed by atoms with van der Waals surface area (Å²) < 4.78 is 49.9. The van der Waals surface area contributed by atoms with Gasteiger partial charge < -0.3 is 15.2 Å². The van der Waals surface area contributed by atoms with Crippen molar-refractivity contribution in [3.63, 3.8) is 0 Å². The fourth-order valence-corrected chi connectivity index (χ4v) is 2.98. The lowest BCUT2D eigenvalue weighted by molar-refractivity contribution is 0.0699. The largest absolute Gasteiger partial charge is 0.396 e. The summed E-state index contributed by atoms with van der Waals surface area (Å²) in [6.07, 6.45) is 0.445. The molecule has 0 heterocycles. The van der Waals surface area contributed by atoms with E-state index in [1.807, 2.05) is 0 Å². The van der Waals surface area contributed by atoms with Crippen LogP contribution in [0.15, 0.2) is 17.0 Å². The van der Waals surface area contributed by atoms with E-state index >= 15 is 0 Å². The Bertz CT molecular complexity index is 569. The summed E-state index contributed by atoms with van der Waals surface area (Å²) in [6.45, 7) is 1.38. The van der Waals surface area contributed by atoms with Crippen LogP contribution in [-0.2, 0) is 19.5 Å². The van der Waals surface area contributed by atoms with Crippen molar-refractivity contribution < 1.29 is 22.3 Å². The zero-order chi connectivity index (χ0) is 15.9. The fraction of sp³-hybridized carbons (Fsp3) is 0.500. The Morgan fingerprint density at radius 1 is 1.33 bits per heavy atom. The first-order valence-corrected chi connectivity index (χ1v) is 8.05. The van der Waals surface area contributed by atoms with Gasteiger partial charge in [0.25, 0.3) is 0 Å². The number of methoxy groups -OCH3 is 1. The third-order valence-corrected chi connectivity index (χ3v) is 4.19. The summed E-state index contributed by atoms with van der Waals surface area (Å²) >= 11 is 5.69. The van der Waals surface area contributed by atoms with E-state index in [-0.39, 0.29) is 17.3 Å². The number of hydrogen-bond donors (Lipinski definition) is 2. The van der Waals surface area contributed by atoms with Crippen molar-refractivity contribution in [1.29, 1.82) is 0 Å². The summed E-state index contributed by atoms with van der Waals surface area (Å²) in [5.74, 6) is -1.01. The number of halogens is 2. The van der Waals surface area contributed by atoms with Crippen molar-refractivity contribution in [2.24, 2.45) is 0 Å². The Kier molecular flexibility index (Phi) is 7.33. The fourth-order valence-electron chi connectivity index (χ4n) is 1.48. The molecule has 0 aliphatic rings. The zero-order valence-electron chi connectivity index (χ0n) is 11.6. The maximum absolute atomic E-state index is 13.8. The first kappa shape index (κ1) is 18.1. The van der Waals surface area contributed by atoms with Crippen LogP contribution < -0.4 is 10.5 Å². The molecule has 0 spiro atoms. The molecule has 0 atom stereocenters. The number of benzene rings is 1. The van der Waals surface area contributed by atoms with Crippen molar-refractivity contribution in [2.45, 2.75) is 11.3 Å². The van der Waals surface area contributed by atoms with Crippen molar-refractivity contribution in [2.75, 3.05) is 39.2 Å². The third kappa shape index (κ3) is 5.76. The van der Waals surface area contributed by atoms with Gasteiger partial charge in [-0.1, -0.05) is 11.6 Å². The maximum atomic E-state index is 13.8. The molecule has 120 valence electrons. The molecule has 0 bridgehead atoms. The van der Waals surface area contributed by atoms with Crippen molar-refractivity contribution in [3.05, 3.63) is 23.0 Å². The predicted octanol–water partition coefficient (Wildman–Crippen LogP) is 1.39. The van der Waals surface area contributed by atoms with Gasteiger partial charge in [0, 0.05) is 25.3 Å². The van der Waals surface area contributed by atoms with Gasteiger partial charge >= 0.3 is 0 Å². The summed E-state index contributed by atoms with van der Waals surface area (Å²) in [5.41, 5.74) is 5.04. The third-order valence-electron chi connectivity index (χ3n) is 2.51. The van der Waals surface area contributed by atoms with Crippen LogP contribution in [0.25, 0.3) is 0 Å². The van der Waals surface area contributed by atoms with Crippen LogP contribution in [-0.4, -0.2) is 41.9 Å². The Hall–Kier alpha value is -0.930. The highest BCUT2D eigenvalue weighted by molar-refractivity contribution is 7.89. The highest BCUT2D eigenvalue weighted by Crippen LogP contribution is 2.24. The lowest BCUT2D eigenvalue weighted by atomic mass is 10.3. The van der Waals surface area contributed by atoms with Crippen LogP contribution in [0.5, 0.6) is 0 Å². The van der Waals surface area contributed by atoms with E-state index < -0.39 is 20.7 Å². The molecule has 3 N–H and O–H groups in total. The molecule has 0 fully saturated rings. The lowest BCUT2D eigenvalue weighted by Gasteiger charge is -2.09. The summed E-state index contributed by atoms with van der Waals surface area (Å²) in [4.78, 5) is -0.562. The smallest absolute Gasteiger partial charge is 0.243 e. The standard InChI is InChI=1S/C12H18ClFN2O4S/c1-19-5-6-20-4-2-3-16-21(17,18)11-8-9(13)7-10(15)12(11)14/h7-8,16H,2-6,15H2,1H3. The second-order valence-electron chi connectivity index (χ2n) is 4.16. The Balaban J connectivity index is 2.55. The minimum atomic E-state index is -4.00. The molecule has 0 aliphatic heterocycles. The SMILES string of the molecule is COCCOCCCNS(=O)(=O)c1cc(Cl)cc(N)c1F. The number of ether oxygens (including phenoxy) is 2. The molecule has 0 saturated heterocycles. The Morgan fingerprint density at radius 2 is 2.05 bits per heavy atom. The second-order valence-corrected chi connectivity index (χ2v) is 6.34. The van der Waals surface area contributed by atoms with Crippen LogP contribution in [0, 0.1) is 5.82 Å². The van der Waals surface area contributed by atoms with Crippen molar-refractivity contribution in [3.8, 4) is 0 Å². The molecule has 0 saturated carbocycles. The molecule has 1 rings (SSSR count). The molecule has 1 aromatic carbocycles. The molecule has 1 aromatic rings. The quantitative estimate of drug-likeness (QED) is 0.523. The molecule has 0 unspecified atom stereocenters. The number of hydrogen-bond acceptors (Lipinski definition) is 5. The number of nitrogen functional groups attached to an aromatic ring is 1. The maximum Gasteiger partial charge on any atom is 0.243 e. The number of anilines is 1. The average molecular weight is 341 g/mol. The number of sulfonamides is 1. The van der Waals surface area contributed by atoms with E-state index in [2.05, 4.69) is 4.72 Å². The number of nitrogens with two attached hydrogens (primary N) is 1. The van der Waals surface area contributed by atoms with E-state index in [0.29, 0.717) is 26.2 Å². The zero-order valence-corrected chi connectivity index (χ0v) is 13.1. The van der Waals surface area contributed by atoms with Gasteiger partial charge in [0.1, 0.15) is 4.90 Å².